The Kier molecular flexibility index (Phi) is 8.12. The smallest absolute Gasteiger partial charge is 0.193 e. The van der Waals surface area contributed by atoms with Crippen LogP contribution in [0.15, 0.2) is 23.2 Å². The minimum atomic E-state index is -0.804. The van der Waals surface area contributed by atoms with Crippen LogP contribution in [0, 0.1) is 17.6 Å². The Labute approximate surface area is 149 Å². The predicted octanol–water partition coefficient (Wildman–Crippen LogP) is 3.22. The van der Waals surface area contributed by atoms with Crippen LogP contribution in [0.3, 0.4) is 0 Å². The van der Waals surface area contributed by atoms with Crippen LogP contribution >= 0.6 is 0 Å². The number of hydrogen-bond donors (Lipinski definition) is 1. The highest BCUT2D eigenvalue weighted by molar-refractivity contribution is 5.79. The monoisotopic (exact) mass is 353 g/mol. The van der Waals surface area contributed by atoms with Crippen LogP contribution in [0.4, 0.5) is 8.78 Å². The molecule has 4 nitrogen and oxygen atoms in total. The highest BCUT2D eigenvalue weighted by Crippen LogP contribution is 2.18. The summed E-state index contributed by atoms with van der Waals surface area (Å²) in [6.07, 6.45) is 3.75. The summed E-state index contributed by atoms with van der Waals surface area (Å²) in [6.45, 7) is 5.86. The van der Waals surface area contributed by atoms with Crippen molar-refractivity contribution in [2.75, 3.05) is 39.9 Å². The standard InChI is InChI=1S/C19H29F2N3O/c1-3-22-19(24(2)12-8-15-9-13-25-14-10-15)23-11-7-16-5-4-6-17(20)18(16)21/h4-6,15H,3,7-14H2,1-2H3,(H,22,23). The van der Waals surface area contributed by atoms with E-state index in [1.54, 1.807) is 6.07 Å². The number of ether oxygens (including phenoxy) is 1. The zero-order valence-electron chi connectivity index (χ0n) is 15.2. The molecule has 0 unspecified atom stereocenters. The molecule has 1 aliphatic rings. The molecule has 0 atom stereocenters. The number of halogens is 2. The lowest BCUT2D eigenvalue weighted by molar-refractivity contribution is 0.0625. The van der Waals surface area contributed by atoms with Gasteiger partial charge in [-0.2, -0.15) is 0 Å². The Morgan fingerprint density at radius 1 is 1.32 bits per heavy atom. The Hall–Kier alpha value is -1.69. The average Bonchev–Trinajstić information content (AvgIpc) is 2.63. The van der Waals surface area contributed by atoms with E-state index >= 15 is 0 Å². The van der Waals surface area contributed by atoms with Gasteiger partial charge in [0.15, 0.2) is 17.6 Å². The first kappa shape index (κ1) is 19.6. The van der Waals surface area contributed by atoms with Crippen molar-refractivity contribution in [3.05, 3.63) is 35.4 Å². The van der Waals surface area contributed by atoms with E-state index in [0.717, 1.165) is 57.6 Å². The van der Waals surface area contributed by atoms with Gasteiger partial charge in [-0.25, -0.2) is 8.78 Å². The van der Waals surface area contributed by atoms with Crippen molar-refractivity contribution in [1.82, 2.24) is 10.2 Å². The summed E-state index contributed by atoms with van der Waals surface area (Å²) in [6, 6.07) is 4.27. The summed E-state index contributed by atoms with van der Waals surface area (Å²) in [4.78, 5) is 6.67. The molecule has 0 aliphatic carbocycles. The van der Waals surface area contributed by atoms with E-state index in [-0.39, 0.29) is 0 Å². The number of guanidine groups is 1. The minimum absolute atomic E-state index is 0.365. The maximum atomic E-state index is 13.7. The van der Waals surface area contributed by atoms with Gasteiger partial charge in [0.25, 0.3) is 0 Å². The minimum Gasteiger partial charge on any atom is -0.381 e. The molecule has 0 saturated carbocycles. The van der Waals surface area contributed by atoms with Crippen molar-refractivity contribution < 1.29 is 13.5 Å². The molecule has 0 amide bonds. The lowest BCUT2D eigenvalue weighted by atomic mass is 9.96. The van der Waals surface area contributed by atoms with E-state index in [2.05, 4.69) is 15.2 Å². The number of hydrogen-bond acceptors (Lipinski definition) is 2. The normalized spacial score (nSPS) is 16.1. The molecule has 0 spiro atoms. The Bertz CT molecular complexity index is 560. The van der Waals surface area contributed by atoms with Gasteiger partial charge in [0.2, 0.25) is 0 Å². The van der Waals surface area contributed by atoms with Crippen LogP contribution in [0.2, 0.25) is 0 Å². The molecule has 1 aliphatic heterocycles. The number of nitrogens with zero attached hydrogens (tertiary/aromatic N) is 2. The highest BCUT2D eigenvalue weighted by Gasteiger charge is 2.15. The van der Waals surface area contributed by atoms with Crippen molar-refractivity contribution in [2.24, 2.45) is 10.9 Å². The molecular weight excluding hydrogens is 324 g/mol. The molecule has 0 radical (unpaired) electrons. The molecule has 1 N–H and O–H groups in total. The van der Waals surface area contributed by atoms with Gasteiger partial charge < -0.3 is 15.0 Å². The van der Waals surface area contributed by atoms with E-state index in [9.17, 15) is 8.78 Å². The first-order valence-electron chi connectivity index (χ1n) is 9.12. The zero-order valence-corrected chi connectivity index (χ0v) is 15.2. The summed E-state index contributed by atoms with van der Waals surface area (Å²) < 4.78 is 32.3. The Morgan fingerprint density at radius 3 is 2.80 bits per heavy atom. The fourth-order valence-corrected chi connectivity index (χ4v) is 3.01. The lowest BCUT2D eigenvalue weighted by Gasteiger charge is -2.26. The quantitative estimate of drug-likeness (QED) is 0.604. The largest absolute Gasteiger partial charge is 0.381 e. The molecule has 1 aromatic rings. The molecule has 1 saturated heterocycles. The fraction of sp³-hybridized carbons (Fsp3) is 0.632. The third kappa shape index (κ3) is 6.27. The molecule has 0 bridgehead atoms. The highest BCUT2D eigenvalue weighted by atomic mass is 19.2. The van der Waals surface area contributed by atoms with Gasteiger partial charge in [-0.15, -0.1) is 0 Å². The van der Waals surface area contributed by atoms with Gasteiger partial charge in [0.05, 0.1) is 0 Å². The van der Waals surface area contributed by atoms with Crippen LogP contribution in [-0.4, -0.2) is 50.8 Å². The maximum Gasteiger partial charge on any atom is 0.193 e. The topological polar surface area (TPSA) is 36.9 Å². The van der Waals surface area contributed by atoms with Crippen molar-refractivity contribution in [2.45, 2.75) is 32.6 Å². The third-order valence-corrected chi connectivity index (χ3v) is 4.58. The number of aliphatic imine (C=N–C) groups is 1. The molecule has 2 rings (SSSR count). The number of rotatable bonds is 7. The second kappa shape index (κ2) is 10.3. The lowest BCUT2D eigenvalue weighted by Crippen LogP contribution is -2.40. The first-order valence-corrected chi connectivity index (χ1v) is 9.12. The van der Waals surface area contributed by atoms with E-state index in [0.29, 0.717) is 24.4 Å². The third-order valence-electron chi connectivity index (χ3n) is 4.58. The van der Waals surface area contributed by atoms with Gasteiger partial charge in [0, 0.05) is 39.9 Å². The first-order chi connectivity index (χ1) is 12.1. The summed E-state index contributed by atoms with van der Waals surface area (Å²) in [5, 5.41) is 3.27. The van der Waals surface area contributed by atoms with Crippen molar-refractivity contribution in [1.29, 1.82) is 0 Å². The molecule has 6 heteroatoms. The second-order valence-corrected chi connectivity index (χ2v) is 6.46. The SMILES string of the molecule is CCNC(=NCCc1cccc(F)c1F)N(C)CCC1CCOCC1. The summed E-state index contributed by atoms with van der Waals surface area (Å²) in [7, 11) is 2.02. The van der Waals surface area contributed by atoms with Gasteiger partial charge in [0.1, 0.15) is 0 Å². The van der Waals surface area contributed by atoms with E-state index in [1.807, 2.05) is 14.0 Å². The van der Waals surface area contributed by atoms with Crippen molar-refractivity contribution >= 4 is 5.96 Å². The Balaban J connectivity index is 1.86. The summed E-state index contributed by atoms with van der Waals surface area (Å²) in [5.74, 6) is -0.0515. The molecule has 140 valence electrons. The molecule has 1 heterocycles. The molecule has 0 aromatic heterocycles. The van der Waals surface area contributed by atoms with Crippen molar-refractivity contribution in [3.63, 3.8) is 0 Å². The number of nitrogens with one attached hydrogen (secondary N) is 1. The van der Waals surface area contributed by atoms with Crippen LogP contribution in [-0.2, 0) is 11.2 Å². The van der Waals surface area contributed by atoms with Crippen LogP contribution in [0.25, 0.3) is 0 Å². The van der Waals surface area contributed by atoms with Gasteiger partial charge in [-0.3, -0.25) is 4.99 Å². The average molecular weight is 353 g/mol. The van der Waals surface area contributed by atoms with Gasteiger partial charge >= 0.3 is 0 Å². The summed E-state index contributed by atoms with van der Waals surface area (Å²) >= 11 is 0. The van der Waals surface area contributed by atoms with Crippen molar-refractivity contribution in [3.8, 4) is 0 Å². The van der Waals surface area contributed by atoms with Gasteiger partial charge in [-0.1, -0.05) is 12.1 Å². The molecule has 1 aromatic carbocycles. The second-order valence-electron chi connectivity index (χ2n) is 6.46. The fourth-order valence-electron chi connectivity index (χ4n) is 3.01. The van der Waals surface area contributed by atoms with E-state index in [1.165, 1.54) is 6.07 Å². The Morgan fingerprint density at radius 2 is 2.08 bits per heavy atom. The van der Waals surface area contributed by atoms with Crippen LogP contribution in [0.1, 0.15) is 31.7 Å². The zero-order chi connectivity index (χ0) is 18.1. The maximum absolute atomic E-state index is 13.7. The summed E-state index contributed by atoms with van der Waals surface area (Å²) in [5.41, 5.74) is 0.365. The molecule has 25 heavy (non-hydrogen) atoms. The molecule has 1 fully saturated rings. The van der Waals surface area contributed by atoms with Crippen LogP contribution in [0.5, 0.6) is 0 Å². The van der Waals surface area contributed by atoms with E-state index in [4.69, 9.17) is 4.74 Å². The predicted molar refractivity (Wildman–Crippen MR) is 96.8 cm³/mol. The number of benzene rings is 1. The van der Waals surface area contributed by atoms with E-state index < -0.39 is 11.6 Å². The molecular formula is C19H29F2N3O. The van der Waals surface area contributed by atoms with Crippen LogP contribution < -0.4 is 5.32 Å². The van der Waals surface area contributed by atoms with Gasteiger partial charge in [-0.05, 0) is 50.2 Å².